The van der Waals surface area contributed by atoms with Crippen LogP contribution in [0.15, 0.2) is 117 Å². The maximum atomic E-state index is 14.0. The van der Waals surface area contributed by atoms with Crippen LogP contribution in [0.4, 0.5) is 17.6 Å². The molecule has 8 rings (SSSR count). The van der Waals surface area contributed by atoms with Crippen molar-refractivity contribution in [1.82, 2.24) is 38.9 Å². The van der Waals surface area contributed by atoms with E-state index in [4.69, 9.17) is 0 Å². The van der Waals surface area contributed by atoms with Crippen molar-refractivity contribution in [3.05, 3.63) is 196 Å². The molecule has 0 aliphatic rings. The van der Waals surface area contributed by atoms with Crippen molar-refractivity contribution in [3.63, 3.8) is 0 Å². The molecule has 0 radical (unpaired) electrons. The van der Waals surface area contributed by atoms with Gasteiger partial charge in [0.1, 0.15) is 46.5 Å². The number of carboxylic acids is 2. The summed E-state index contributed by atoms with van der Waals surface area (Å²) < 4.78 is 60.8. The molecular weight excluding hydrogens is 973 g/mol. The first-order chi connectivity index (χ1) is 35.0. The highest BCUT2D eigenvalue weighted by molar-refractivity contribution is 6.00. The summed E-state index contributed by atoms with van der Waals surface area (Å²) in [5.74, 6) is -9.72. The SMILES string of the molecule is Cc1c(-c2ccc(C[C@H](NC(=O)c3c(F)cccc3F)C(=O)O)c3ncccc23)c(=O)n(C)c(=O)n1C.Cc1c(-c2ccc(C[C@H](NC(=O)c3c(F)cccc3F)C(=O)O)c3ncccc23)c(=O)n(C)c(=O)n1C. The fourth-order valence-corrected chi connectivity index (χ4v) is 8.47. The summed E-state index contributed by atoms with van der Waals surface area (Å²) in [7, 11) is 5.85. The van der Waals surface area contributed by atoms with E-state index in [0.29, 0.717) is 55.4 Å². The number of nitrogens with one attached hydrogen (secondary N) is 2. The Hall–Kier alpha value is -9.34. The van der Waals surface area contributed by atoms with Gasteiger partial charge in [0, 0.05) is 75.6 Å². The molecule has 0 unspecified atom stereocenters. The van der Waals surface area contributed by atoms with Crippen molar-refractivity contribution in [2.75, 3.05) is 0 Å². The van der Waals surface area contributed by atoms with Crippen molar-refractivity contribution in [1.29, 1.82) is 0 Å². The van der Waals surface area contributed by atoms with Gasteiger partial charge in [-0.2, -0.15) is 0 Å². The molecule has 2 amide bonds. The lowest BCUT2D eigenvalue weighted by Crippen LogP contribution is -2.43. The van der Waals surface area contributed by atoms with Crippen molar-refractivity contribution in [2.24, 2.45) is 28.2 Å². The Labute approximate surface area is 415 Å². The molecule has 4 aromatic carbocycles. The molecule has 0 aliphatic heterocycles. The van der Waals surface area contributed by atoms with Crippen molar-refractivity contribution < 1.29 is 47.0 Å². The summed E-state index contributed by atoms with van der Waals surface area (Å²) in [6.07, 6.45) is 2.47. The van der Waals surface area contributed by atoms with Gasteiger partial charge in [0.05, 0.1) is 22.2 Å². The number of amides is 2. The molecule has 4 N–H and O–H groups in total. The summed E-state index contributed by atoms with van der Waals surface area (Å²) >= 11 is 0. The standard InChI is InChI=1S/2C26H22F2N4O5/c2*1-13-20(24(34)32(3)26(37)31(13)2)15-10-9-14(22-16(15)6-5-11-29-22)12-19(25(35)36)30-23(33)21-17(27)7-4-8-18(21)28/h2*4-11,19H,12H2,1-3H3,(H,30,33)(H,35,36)/t2*19-/m00/s1. The summed E-state index contributed by atoms with van der Waals surface area (Å²) in [6, 6.07) is 15.8. The predicted molar refractivity (Wildman–Crippen MR) is 263 cm³/mol. The van der Waals surface area contributed by atoms with Crippen LogP contribution in [0.5, 0.6) is 0 Å². The average Bonchev–Trinajstić information content (AvgIpc) is 3.37. The number of carboxylic acid groups (broad SMARTS) is 2. The van der Waals surface area contributed by atoms with E-state index in [0.717, 1.165) is 45.5 Å². The van der Waals surface area contributed by atoms with E-state index in [9.17, 15) is 66.1 Å². The third kappa shape index (κ3) is 9.96. The Morgan fingerprint density at radius 3 is 1.18 bits per heavy atom. The third-order valence-corrected chi connectivity index (χ3v) is 12.6. The van der Waals surface area contributed by atoms with Gasteiger partial charge in [-0.25, -0.2) is 36.7 Å². The van der Waals surface area contributed by atoms with Gasteiger partial charge in [-0.1, -0.05) is 48.5 Å². The molecule has 4 heterocycles. The Kier molecular flexibility index (Phi) is 15.0. The summed E-state index contributed by atoms with van der Waals surface area (Å²) in [5, 5.41) is 24.9. The van der Waals surface area contributed by atoms with E-state index in [2.05, 4.69) is 20.6 Å². The zero-order valence-corrected chi connectivity index (χ0v) is 40.2. The van der Waals surface area contributed by atoms with Crippen molar-refractivity contribution >= 4 is 45.6 Å². The number of aliphatic carboxylic acids is 2. The van der Waals surface area contributed by atoms with Crippen LogP contribution in [0, 0.1) is 37.1 Å². The van der Waals surface area contributed by atoms with Gasteiger partial charge in [-0.15, -0.1) is 0 Å². The highest BCUT2D eigenvalue weighted by Gasteiger charge is 2.29. The number of hydrogen-bond donors (Lipinski definition) is 4. The molecule has 0 saturated heterocycles. The number of carbonyl (C=O) groups is 4. The quantitative estimate of drug-likeness (QED) is 0.123. The van der Waals surface area contributed by atoms with Gasteiger partial charge in [0.2, 0.25) is 0 Å². The molecule has 0 saturated carbocycles. The Morgan fingerprint density at radius 1 is 0.514 bits per heavy atom. The number of benzene rings is 4. The van der Waals surface area contributed by atoms with Crippen LogP contribution in [0.25, 0.3) is 44.1 Å². The minimum atomic E-state index is -1.53. The van der Waals surface area contributed by atoms with E-state index in [1.165, 1.54) is 35.6 Å². The summed E-state index contributed by atoms with van der Waals surface area (Å²) in [5.41, 5.74) is 0.287. The van der Waals surface area contributed by atoms with Crippen LogP contribution in [0.1, 0.15) is 43.2 Å². The lowest BCUT2D eigenvalue weighted by molar-refractivity contribution is -0.140. The molecule has 2 atom stereocenters. The number of rotatable bonds is 12. The predicted octanol–water partition coefficient (Wildman–Crippen LogP) is 4.62. The largest absolute Gasteiger partial charge is 0.480 e. The smallest absolute Gasteiger partial charge is 0.330 e. The Bertz CT molecular complexity index is 3600. The molecule has 0 fully saturated rings. The zero-order chi connectivity index (χ0) is 54.0. The molecule has 18 nitrogen and oxygen atoms in total. The number of halogens is 4. The molecule has 0 spiro atoms. The van der Waals surface area contributed by atoms with E-state index >= 15 is 0 Å². The molecule has 0 bridgehead atoms. The monoisotopic (exact) mass is 1020 g/mol. The summed E-state index contributed by atoms with van der Waals surface area (Å²) in [4.78, 5) is 108. The average molecular weight is 1020 g/mol. The summed E-state index contributed by atoms with van der Waals surface area (Å²) in [6.45, 7) is 3.29. The first-order valence-electron chi connectivity index (χ1n) is 22.3. The maximum absolute atomic E-state index is 14.0. The number of fused-ring (bicyclic) bond motifs is 2. The minimum absolute atomic E-state index is 0.255. The Balaban J connectivity index is 0.000000216. The first kappa shape index (κ1) is 52.5. The van der Waals surface area contributed by atoms with Crippen LogP contribution in [-0.4, -0.2) is 74.3 Å². The van der Waals surface area contributed by atoms with E-state index in [-0.39, 0.29) is 24.0 Å². The lowest BCUT2D eigenvalue weighted by Gasteiger charge is -2.18. The van der Waals surface area contributed by atoms with Gasteiger partial charge in [-0.05, 0) is 72.5 Å². The maximum Gasteiger partial charge on any atom is 0.330 e. The molecular formula is C52H44F4N8O10. The van der Waals surface area contributed by atoms with Crippen LogP contribution in [0.3, 0.4) is 0 Å². The van der Waals surface area contributed by atoms with E-state index < -0.39 is 92.7 Å². The second-order valence-electron chi connectivity index (χ2n) is 17.0. The fraction of sp³-hybridized carbons (Fsp3) is 0.192. The Morgan fingerprint density at radius 2 is 0.851 bits per heavy atom. The van der Waals surface area contributed by atoms with Gasteiger partial charge >= 0.3 is 23.3 Å². The number of nitrogens with zero attached hydrogens (tertiary/aromatic N) is 6. The number of aromatic nitrogens is 6. The van der Waals surface area contributed by atoms with Crippen molar-refractivity contribution in [3.8, 4) is 22.3 Å². The van der Waals surface area contributed by atoms with Crippen LogP contribution in [0.2, 0.25) is 0 Å². The zero-order valence-electron chi connectivity index (χ0n) is 40.2. The van der Waals surface area contributed by atoms with Crippen LogP contribution in [-0.2, 0) is 50.6 Å². The van der Waals surface area contributed by atoms with Crippen LogP contribution < -0.4 is 33.1 Å². The number of pyridine rings is 2. The van der Waals surface area contributed by atoms with Gasteiger partial charge < -0.3 is 30.0 Å². The molecule has 8 aromatic rings. The number of carbonyl (C=O) groups excluding carboxylic acids is 2. The second-order valence-corrected chi connectivity index (χ2v) is 17.0. The van der Waals surface area contributed by atoms with Gasteiger partial charge in [0.15, 0.2) is 0 Å². The van der Waals surface area contributed by atoms with E-state index in [1.54, 1.807) is 76.5 Å². The topological polar surface area (TPSA) is 247 Å². The first-order valence-corrected chi connectivity index (χ1v) is 22.3. The third-order valence-electron chi connectivity index (χ3n) is 12.6. The second kappa shape index (κ2) is 21.2. The van der Waals surface area contributed by atoms with Gasteiger partial charge in [0.25, 0.3) is 22.9 Å². The normalized spacial score (nSPS) is 11.9. The molecule has 380 valence electrons. The highest BCUT2D eigenvalue weighted by atomic mass is 19.1. The molecule has 4 aromatic heterocycles. The van der Waals surface area contributed by atoms with Crippen LogP contribution >= 0.6 is 0 Å². The fourth-order valence-electron chi connectivity index (χ4n) is 8.47. The minimum Gasteiger partial charge on any atom is -0.480 e. The number of hydrogen-bond acceptors (Lipinski definition) is 10. The van der Waals surface area contributed by atoms with Gasteiger partial charge in [-0.3, -0.25) is 38.3 Å². The highest BCUT2D eigenvalue weighted by Crippen LogP contribution is 2.32. The molecule has 0 aliphatic carbocycles. The molecule has 74 heavy (non-hydrogen) atoms. The van der Waals surface area contributed by atoms with Crippen molar-refractivity contribution in [2.45, 2.75) is 38.8 Å². The lowest BCUT2D eigenvalue weighted by atomic mass is 9.95. The van der Waals surface area contributed by atoms with E-state index in [1.807, 2.05) is 0 Å². The molecule has 22 heteroatoms.